The molecule has 0 unspecified atom stereocenters. The molecule has 4 aromatic carbocycles. The Morgan fingerprint density at radius 3 is 1.49 bits per heavy atom. The zero-order valence-corrected chi connectivity index (χ0v) is 31.9. The number of esters is 3. The van der Waals surface area contributed by atoms with E-state index in [-0.39, 0.29) is 25.2 Å². The van der Waals surface area contributed by atoms with Gasteiger partial charge >= 0.3 is 17.9 Å². The Hall–Kier alpha value is -7.49. The van der Waals surface area contributed by atoms with Crippen molar-refractivity contribution in [1.29, 1.82) is 0 Å². The van der Waals surface area contributed by atoms with E-state index in [4.69, 9.17) is 18.9 Å². The van der Waals surface area contributed by atoms with E-state index >= 15 is 0 Å². The second-order valence-corrected chi connectivity index (χ2v) is 13.8. The van der Waals surface area contributed by atoms with Gasteiger partial charge in [-0.15, -0.1) is 0 Å². The maximum atomic E-state index is 12.9. The zero-order chi connectivity index (χ0) is 40.4. The minimum Gasteiger partial charge on any atom is -0.453 e. The smallest absolute Gasteiger partial charge is 0.313 e. The summed E-state index contributed by atoms with van der Waals surface area (Å²) < 4.78 is 28.5. The summed E-state index contributed by atoms with van der Waals surface area (Å²) in [7, 11) is 0. The molecule has 4 bridgehead atoms. The number of ether oxygens (including phenoxy) is 4. The highest BCUT2D eigenvalue weighted by molar-refractivity contribution is 5.77. The molecule has 9 rings (SSSR count). The number of carbonyl (C=O) groups is 3. The Morgan fingerprint density at radius 1 is 0.525 bits per heavy atom. The summed E-state index contributed by atoms with van der Waals surface area (Å²) in [5.74, 6) is 0.923. The van der Waals surface area contributed by atoms with Crippen LogP contribution < -0.4 is 18.9 Å². The molecule has 0 radical (unpaired) electrons. The lowest BCUT2D eigenvalue weighted by molar-refractivity contribution is -0.135. The number of aryl methyl sites for hydroxylation is 7. The van der Waals surface area contributed by atoms with Crippen LogP contribution in [0.15, 0.2) is 117 Å². The monoisotopic (exact) mass is 793 g/mol. The molecule has 16 heteroatoms. The number of fused-ring (bicyclic) bond motifs is 4. The highest BCUT2D eigenvalue weighted by Crippen LogP contribution is 2.37. The van der Waals surface area contributed by atoms with Crippen molar-refractivity contribution >= 4 is 17.9 Å². The first-order chi connectivity index (χ1) is 28.9. The average molecular weight is 794 g/mol. The molecule has 298 valence electrons. The molecule has 0 N–H and O–H groups in total. The van der Waals surface area contributed by atoms with Crippen LogP contribution in [0.25, 0.3) is 11.1 Å². The molecule has 0 spiro atoms. The van der Waals surface area contributed by atoms with Gasteiger partial charge < -0.3 is 18.9 Å². The molecular weight excluding hydrogens is 755 g/mol. The highest BCUT2D eigenvalue weighted by Gasteiger charge is 2.18. The molecule has 0 atom stereocenters. The van der Waals surface area contributed by atoms with E-state index in [1.165, 1.54) is 19.0 Å². The number of nitrogens with zero attached hydrogens (tertiary/aromatic N) is 9. The van der Waals surface area contributed by atoms with Gasteiger partial charge in [0.05, 0.1) is 38.9 Å². The fraction of sp³-hybridized carbons (Fsp3) is 0.233. The summed E-state index contributed by atoms with van der Waals surface area (Å²) in [6.07, 6.45) is 11.7. The van der Waals surface area contributed by atoms with Crippen molar-refractivity contribution in [3.63, 3.8) is 0 Å². The van der Waals surface area contributed by atoms with E-state index in [0.29, 0.717) is 74.1 Å². The van der Waals surface area contributed by atoms with Crippen LogP contribution in [-0.2, 0) is 59.7 Å². The number of hydrogen-bond acceptors (Lipinski definition) is 13. The first kappa shape index (κ1) is 38.4. The number of rotatable bonds is 12. The molecule has 2 aliphatic rings. The van der Waals surface area contributed by atoms with Crippen LogP contribution in [0, 0.1) is 0 Å². The number of benzene rings is 4. The summed E-state index contributed by atoms with van der Waals surface area (Å²) in [6, 6.07) is 24.7. The molecule has 0 amide bonds. The Labute approximate surface area is 338 Å². The molecule has 16 nitrogen and oxygen atoms in total. The van der Waals surface area contributed by atoms with Gasteiger partial charge in [0.2, 0.25) is 0 Å². The van der Waals surface area contributed by atoms with Gasteiger partial charge in [0.25, 0.3) is 0 Å². The summed E-state index contributed by atoms with van der Waals surface area (Å²) in [4.78, 5) is 50.5. The van der Waals surface area contributed by atoms with Crippen LogP contribution in [0.4, 0.5) is 0 Å². The molecule has 7 aromatic rings. The van der Waals surface area contributed by atoms with Crippen LogP contribution in [0.1, 0.15) is 41.5 Å². The third kappa shape index (κ3) is 10.3. The molecular formula is C43H39N9O7. The lowest BCUT2D eigenvalue weighted by Crippen LogP contribution is -2.13. The van der Waals surface area contributed by atoms with E-state index < -0.39 is 11.9 Å². The number of hydrogen-bond donors (Lipinski definition) is 0. The van der Waals surface area contributed by atoms with Crippen molar-refractivity contribution in [3.05, 3.63) is 139 Å². The Morgan fingerprint density at radius 2 is 1.00 bits per heavy atom. The van der Waals surface area contributed by atoms with Crippen molar-refractivity contribution < 1.29 is 33.3 Å². The van der Waals surface area contributed by atoms with E-state index in [1.54, 1.807) is 51.2 Å². The fourth-order valence-electron chi connectivity index (χ4n) is 6.69. The summed E-state index contributed by atoms with van der Waals surface area (Å²) >= 11 is 0. The Bertz CT molecular complexity index is 2520. The predicted molar refractivity (Wildman–Crippen MR) is 210 cm³/mol. The van der Waals surface area contributed by atoms with E-state index in [2.05, 4.69) is 30.2 Å². The van der Waals surface area contributed by atoms with E-state index in [1.807, 2.05) is 60.7 Å². The second-order valence-electron chi connectivity index (χ2n) is 13.8. The Kier molecular flexibility index (Phi) is 11.8. The van der Waals surface area contributed by atoms with Gasteiger partial charge in [0.15, 0.2) is 11.5 Å². The van der Waals surface area contributed by atoms with Crippen LogP contribution in [0.5, 0.6) is 28.7 Å². The van der Waals surface area contributed by atoms with Crippen LogP contribution in [-0.4, -0.2) is 62.2 Å². The van der Waals surface area contributed by atoms with Crippen molar-refractivity contribution in [1.82, 2.24) is 44.3 Å². The topological polar surface area (TPSA) is 180 Å². The third-order valence-corrected chi connectivity index (χ3v) is 9.69. The molecule has 5 heterocycles. The summed E-state index contributed by atoms with van der Waals surface area (Å²) in [6.45, 7) is 1.02. The zero-order valence-electron chi connectivity index (χ0n) is 31.9. The SMILES string of the molecule is O=C(CCn1cncn1)Oc1ccc2c(c1)CCc1ccc(cc1)Oc1cc(ccc1OC(=O)CCn1cncn1)CCc1cc(OC(=O)CCn3cncn3)ccc1-2. The molecule has 0 aliphatic carbocycles. The minimum atomic E-state index is -0.434. The Balaban J connectivity index is 1.09. The lowest BCUT2D eigenvalue weighted by atomic mass is 9.90. The minimum absolute atomic E-state index is 0.0960. The average Bonchev–Trinajstić information content (AvgIpc) is 4.07. The standard InChI is InChI=1S/C43H39N9O7/c53-41(15-18-50-27-44-24-47-50)57-35-10-12-37-32(22-35)6-1-30-3-8-34(9-4-30)56-40-21-31(5-14-39(40)59-43(55)17-20-52-29-46-26-49-52)2-7-33-23-36(11-13-38(33)37)58-42(54)16-19-51-28-45-25-48-51/h3-5,8-14,21-29H,1-2,6-7,15-20H2. The fourth-order valence-corrected chi connectivity index (χ4v) is 6.69. The van der Waals surface area contributed by atoms with Gasteiger partial charge in [0, 0.05) is 0 Å². The van der Waals surface area contributed by atoms with Gasteiger partial charge in [-0.25, -0.2) is 15.0 Å². The largest absolute Gasteiger partial charge is 0.453 e. The van der Waals surface area contributed by atoms with Crippen molar-refractivity contribution in [2.45, 2.75) is 64.6 Å². The maximum absolute atomic E-state index is 12.9. The van der Waals surface area contributed by atoms with Crippen LogP contribution in [0.3, 0.4) is 0 Å². The van der Waals surface area contributed by atoms with Gasteiger partial charge in [-0.1, -0.05) is 30.3 Å². The highest BCUT2D eigenvalue weighted by atomic mass is 16.6. The molecule has 0 saturated heterocycles. The van der Waals surface area contributed by atoms with Crippen LogP contribution >= 0.6 is 0 Å². The maximum Gasteiger partial charge on any atom is 0.313 e. The van der Waals surface area contributed by atoms with Crippen molar-refractivity contribution in [2.75, 3.05) is 0 Å². The molecule has 0 saturated carbocycles. The second kappa shape index (κ2) is 18.2. The van der Waals surface area contributed by atoms with E-state index in [9.17, 15) is 14.4 Å². The van der Waals surface area contributed by atoms with Gasteiger partial charge in [-0.2, -0.15) is 15.3 Å². The molecule has 2 aliphatic heterocycles. The van der Waals surface area contributed by atoms with Gasteiger partial charge in [0.1, 0.15) is 55.2 Å². The van der Waals surface area contributed by atoms with Crippen molar-refractivity contribution in [2.24, 2.45) is 0 Å². The third-order valence-electron chi connectivity index (χ3n) is 9.69. The van der Waals surface area contributed by atoms with Crippen molar-refractivity contribution in [3.8, 4) is 39.9 Å². The summed E-state index contributed by atoms with van der Waals surface area (Å²) in [5.41, 5.74) is 5.82. The van der Waals surface area contributed by atoms with Gasteiger partial charge in [-0.05, 0) is 108 Å². The first-order valence-electron chi connectivity index (χ1n) is 19.2. The molecule has 59 heavy (non-hydrogen) atoms. The van der Waals surface area contributed by atoms with Crippen LogP contribution in [0.2, 0.25) is 0 Å². The summed E-state index contributed by atoms with van der Waals surface area (Å²) in [5, 5.41) is 12.2. The number of aromatic nitrogens is 9. The molecule has 0 fully saturated rings. The number of carbonyl (C=O) groups excluding carboxylic acids is 3. The first-order valence-corrected chi connectivity index (χ1v) is 19.2. The predicted octanol–water partition coefficient (Wildman–Crippen LogP) is 5.79. The normalized spacial score (nSPS) is 12.2. The molecule has 3 aromatic heterocycles. The van der Waals surface area contributed by atoms with Gasteiger partial charge in [-0.3, -0.25) is 28.4 Å². The van der Waals surface area contributed by atoms with E-state index in [0.717, 1.165) is 33.4 Å². The lowest BCUT2D eigenvalue weighted by Gasteiger charge is -2.18. The quantitative estimate of drug-likeness (QED) is 0.107.